The SMILES string of the molecule is CS(=O)(=O)CCOc1cccc(NC(=O)C=Cc2ccc(-c3ccccc3)s2)c1. The number of anilines is 1. The van der Waals surface area contributed by atoms with E-state index in [4.69, 9.17) is 4.74 Å². The van der Waals surface area contributed by atoms with Crippen molar-refractivity contribution in [3.8, 4) is 16.2 Å². The summed E-state index contributed by atoms with van der Waals surface area (Å²) < 4.78 is 27.8. The minimum atomic E-state index is -3.08. The number of hydrogen-bond acceptors (Lipinski definition) is 5. The first-order valence-corrected chi connectivity index (χ1v) is 11.8. The van der Waals surface area contributed by atoms with Gasteiger partial charge in [0.15, 0.2) is 9.84 Å². The third-order valence-electron chi connectivity index (χ3n) is 3.91. The Bertz CT molecular complexity index is 1100. The summed E-state index contributed by atoms with van der Waals surface area (Å²) in [4.78, 5) is 14.3. The molecule has 1 heterocycles. The van der Waals surface area contributed by atoms with Crippen LogP contribution in [-0.2, 0) is 14.6 Å². The van der Waals surface area contributed by atoms with Crippen molar-refractivity contribution >= 4 is 38.8 Å². The Hall–Kier alpha value is -2.90. The van der Waals surface area contributed by atoms with Gasteiger partial charge in [0.1, 0.15) is 12.4 Å². The molecule has 0 saturated carbocycles. The normalized spacial score (nSPS) is 11.5. The van der Waals surface area contributed by atoms with Crippen LogP contribution in [0.25, 0.3) is 16.5 Å². The Kier molecular flexibility index (Phi) is 6.85. The van der Waals surface area contributed by atoms with E-state index in [1.54, 1.807) is 41.7 Å². The zero-order chi connectivity index (χ0) is 20.7. The van der Waals surface area contributed by atoms with Crippen LogP contribution in [0.1, 0.15) is 4.88 Å². The highest BCUT2D eigenvalue weighted by atomic mass is 32.2. The molecule has 150 valence electrons. The average molecular weight is 428 g/mol. The Labute approximate surface area is 174 Å². The van der Waals surface area contributed by atoms with Gasteiger partial charge in [-0.25, -0.2) is 8.42 Å². The van der Waals surface area contributed by atoms with Crippen molar-refractivity contribution in [3.63, 3.8) is 0 Å². The molecule has 0 aliphatic carbocycles. The Morgan fingerprint density at radius 2 is 1.86 bits per heavy atom. The van der Waals surface area contributed by atoms with Crippen LogP contribution in [0.15, 0.2) is 72.8 Å². The lowest BCUT2D eigenvalue weighted by molar-refractivity contribution is -0.111. The molecule has 0 aliphatic rings. The van der Waals surface area contributed by atoms with Gasteiger partial charge in [-0.1, -0.05) is 36.4 Å². The smallest absolute Gasteiger partial charge is 0.248 e. The molecular formula is C22H21NO4S2. The summed E-state index contributed by atoms with van der Waals surface area (Å²) in [7, 11) is -3.08. The van der Waals surface area contributed by atoms with Crippen LogP contribution in [0.2, 0.25) is 0 Å². The number of nitrogens with one attached hydrogen (secondary N) is 1. The lowest BCUT2D eigenvalue weighted by atomic mass is 10.2. The van der Waals surface area contributed by atoms with Crippen LogP contribution in [-0.4, -0.2) is 32.9 Å². The number of ether oxygens (including phenoxy) is 1. The molecule has 0 spiro atoms. The molecule has 1 aromatic heterocycles. The Balaban J connectivity index is 1.57. The summed E-state index contributed by atoms with van der Waals surface area (Å²) in [5, 5.41) is 2.78. The van der Waals surface area contributed by atoms with E-state index < -0.39 is 9.84 Å². The van der Waals surface area contributed by atoms with Crippen molar-refractivity contribution in [2.45, 2.75) is 0 Å². The highest BCUT2D eigenvalue weighted by molar-refractivity contribution is 7.90. The maximum atomic E-state index is 12.2. The lowest BCUT2D eigenvalue weighted by Gasteiger charge is -2.08. The fraction of sp³-hybridized carbons (Fsp3) is 0.136. The van der Waals surface area contributed by atoms with E-state index in [1.165, 1.54) is 6.08 Å². The van der Waals surface area contributed by atoms with Crippen molar-refractivity contribution in [2.75, 3.05) is 23.9 Å². The second-order valence-electron chi connectivity index (χ2n) is 6.40. The topological polar surface area (TPSA) is 72.5 Å². The van der Waals surface area contributed by atoms with E-state index in [2.05, 4.69) is 17.4 Å². The van der Waals surface area contributed by atoms with Gasteiger partial charge in [0.05, 0.1) is 5.75 Å². The van der Waals surface area contributed by atoms with Crippen molar-refractivity contribution in [2.24, 2.45) is 0 Å². The van der Waals surface area contributed by atoms with Crippen LogP contribution < -0.4 is 10.1 Å². The van der Waals surface area contributed by atoms with Crippen molar-refractivity contribution in [1.29, 1.82) is 0 Å². The highest BCUT2D eigenvalue weighted by Crippen LogP contribution is 2.28. The predicted molar refractivity (Wildman–Crippen MR) is 119 cm³/mol. The molecule has 0 atom stereocenters. The van der Waals surface area contributed by atoms with E-state index in [9.17, 15) is 13.2 Å². The molecule has 2 aromatic carbocycles. The monoisotopic (exact) mass is 427 g/mol. The zero-order valence-corrected chi connectivity index (χ0v) is 17.5. The maximum Gasteiger partial charge on any atom is 0.248 e. The number of sulfone groups is 1. The summed E-state index contributed by atoms with van der Waals surface area (Å²) in [5.74, 6) is 0.187. The summed E-state index contributed by atoms with van der Waals surface area (Å²) in [6.07, 6.45) is 4.42. The molecule has 0 saturated heterocycles. The number of hydrogen-bond donors (Lipinski definition) is 1. The lowest BCUT2D eigenvalue weighted by Crippen LogP contribution is -2.12. The van der Waals surface area contributed by atoms with E-state index in [0.29, 0.717) is 11.4 Å². The van der Waals surface area contributed by atoms with Crippen molar-refractivity contribution in [1.82, 2.24) is 0 Å². The molecule has 0 unspecified atom stereocenters. The number of carbonyl (C=O) groups excluding carboxylic acids is 1. The van der Waals surface area contributed by atoms with Gasteiger partial charge >= 0.3 is 0 Å². The summed E-state index contributed by atoms with van der Waals surface area (Å²) in [5.41, 5.74) is 1.72. The van der Waals surface area contributed by atoms with Crippen LogP contribution in [0, 0.1) is 0 Å². The molecule has 0 bridgehead atoms. The van der Waals surface area contributed by atoms with Gasteiger partial charge in [-0.3, -0.25) is 4.79 Å². The number of amides is 1. The predicted octanol–water partition coefficient (Wildman–Crippen LogP) is 4.49. The van der Waals surface area contributed by atoms with Gasteiger partial charge in [0.25, 0.3) is 0 Å². The Morgan fingerprint density at radius 1 is 1.07 bits per heavy atom. The maximum absolute atomic E-state index is 12.2. The van der Waals surface area contributed by atoms with Gasteiger partial charge in [0, 0.05) is 33.8 Å². The molecule has 7 heteroatoms. The molecule has 29 heavy (non-hydrogen) atoms. The minimum Gasteiger partial charge on any atom is -0.492 e. The van der Waals surface area contributed by atoms with Crippen molar-refractivity contribution in [3.05, 3.63) is 77.7 Å². The number of thiophene rings is 1. The highest BCUT2D eigenvalue weighted by Gasteiger charge is 2.05. The van der Waals surface area contributed by atoms with Crippen LogP contribution in [0.5, 0.6) is 5.75 Å². The van der Waals surface area contributed by atoms with Gasteiger partial charge in [-0.15, -0.1) is 11.3 Å². The summed E-state index contributed by atoms with van der Waals surface area (Å²) >= 11 is 1.61. The summed E-state index contributed by atoms with van der Waals surface area (Å²) in [6.45, 7) is 0.0677. The molecule has 1 amide bonds. The molecule has 0 aliphatic heterocycles. The largest absolute Gasteiger partial charge is 0.492 e. The van der Waals surface area contributed by atoms with E-state index in [0.717, 1.165) is 21.6 Å². The first kappa shape index (κ1) is 20.8. The third-order valence-corrected chi connectivity index (χ3v) is 5.92. The summed E-state index contributed by atoms with van der Waals surface area (Å²) in [6, 6.07) is 20.9. The van der Waals surface area contributed by atoms with E-state index >= 15 is 0 Å². The fourth-order valence-corrected chi connectivity index (χ4v) is 3.82. The number of benzene rings is 2. The second-order valence-corrected chi connectivity index (χ2v) is 9.77. The molecule has 3 rings (SSSR count). The number of carbonyl (C=O) groups is 1. The third kappa shape index (κ3) is 6.89. The van der Waals surface area contributed by atoms with Gasteiger partial charge in [-0.05, 0) is 35.9 Å². The van der Waals surface area contributed by atoms with Gasteiger partial charge in [-0.2, -0.15) is 0 Å². The van der Waals surface area contributed by atoms with Crippen LogP contribution in [0.4, 0.5) is 5.69 Å². The number of rotatable bonds is 8. The first-order valence-electron chi connectivity index (χ1n) is 8.94. The standard InChI is InChI=1S/C22H21NO4S2/c1-29(25,26)15-14-27-19-9-5-8-18(16-19)23-22(24)13-11-20-10-12-21(28-20)17-6-3-2-4-7-17/h2-13,16H,14-15H2,1H3,(H,23,24). The average Bonchev–Trinajstić information content (AvgIpc) is 3.16. The molecule has 0 fully saturated rings. The molecule has 1 N–H and O–H groups in total. The Morgan fingerprint density at radius 3 is 2.62 bits per heavy atom. The van der Waals surface area contributed by atoms with Crippen molar-refractivity contribution < 1.29 is 17.9 Å². The molecule has 5 nitrogen and oxygen atoms in total. The minimum absolute atomic E-state index is 0.0574. The van der Waals surface area contributed by atoms with E-state index in [-0.39, 0.29) is 18.3 Å². The van der Waals surface area contributed by atoms with Gasteiger partial charge < -0.3 is 10.1 Å². The van der Waals surface area contributed by atoms with Crippen LogP contribution >= 0.6 is 11.3 Å². The second kappa shape index (κ2) is 9.54. The van der Waals surface area contributed by atoms with E-state index in [1.807, 2.05) is 30.3 Å². The molecule has 3 aromatic rings. The van der Waals surface area contributed by atoms with Gasteiger partial charge in [0.2, 0.25) is 5.91 Å². The fourth-order valence-electron chi connectivity index (χ4n) is 2.52. The molecule has 0 radical (unpaired) electrons. The zero-order valence-electron chi connectivity index (χ0n) is 15.9. The first-order chi connectivity index (χ1) is 13.9. The quantitative estimate of drug-likeness (QED) is 0.538. The molecular weight excluding hydrogens is 406 g/mol. The van der Waals surface area contributed by atoms with Crippen LogP contribution in [0.3, 0.4) is 0 Å².